The summed E-state index contributed by atoms with van der Waals surface area (Å²) in [6.07, 6.45) is 3.08. The minimum atomic E-state index is -2.74. The quantitative estimate of drug-likeness (QED) is 0.141. The summed E-state index contributed by atoms with van der Waals surface area (Å²) in [6.45, 7) is 9.16. The SMILES string of the molecule is CN1CCc2nc(C(=O)N[C@H]3CC(CO[Si](c4ccccc4)(c4ccccc4)C(C)(C)C)CC[C@H]3NC(=O)c3cc4cc(Cl)ccc4[nH]3)sc2C1.Cl. The minimum Gasteiger partial charge on any atom is -0.407 e. The summed E-state index contributed by atoms with van der Waals surface area (Å²) in [5.41, 5.74) is 2.33. The Morgan fingerprint density at radius 2 is 1.63 bits per heavy atom. The van der Waals surface area contributed by atoms with Gasteiger partial charge in [0.05, 0.1) is 5.69 Å². The van der Waals surface area contributed by atoms with E-state index in [1.54, 1.807) is 6.07 Å². The Labute approximate surface area is 322 Å². The van der Waals surface area contributed by atoms with Gasteiger partial charge in [0.15, 0.2) is 5.01 Å². The number of carbonyl (C=O) groups excluding carboxylic acids is 2. The number of thiazole rings is 1. The number of fused-ring (bicyclic) bond motifs is 2. The second kappa shape index (κ2) is 15.8. The molecular formula is C40H47Cl2N5O3SSi. The fraction of sp³-hybridized carbons (Fsp3) is 0.375. The van der Waals surface area contributed by atoms with Gasteiger partial charge < -0.3 is 24.9 Å². The van der Waals surface area contributed by atoms with Crippen LogP contribution in [0.4, 0.5) is 0 Å². The lowest BCUT2D eigenvalue weighted by molar-refractivity contribution is 0.0820. The lowest BCUT2D eigenvalue weighted by Gasteiger charge is -2.45. The Kier molecular flexibility index (Phi) is 11.6. The maximum atomic E-state index is 13.9. The van der Waals surface area contributed by atoms with Gasteiger partial charge in [0.1, 0.15) is 5.69 Å². The molecule has 3 N–H and O–H groups in total. The third-order valence-corrected chi connectivity index (χ3v) is 16.8. The maximum Gasteiger partial charge on any atom is 0.280 e. The molecule has 5 aromatic rings. The lowest BCUT2D eigenvalue weighted by atomic mass is 9.82. The van der Waals surface area contributed by atoms with Crippen LogP contribution in [-0.4, -0.2) is 67.3 Å². The first-order valence-electron chi connectivity index (χ1n) is 17.8. The third-order valence-electron chi connectivity index (χ3n) is 10.5. The molecule has 3 atom stereocenters. The average molecular weight is 777 g/mol. The van der Waals surface area contributed by atoms with Gasteiger partial charge in [-0.15, -0.1) is 23.7 Å². The van der Waals surface area contributed by atoms with Crippen LogP contribution in [-0.2, 0) is 17.4 Å². The zero-order valence-corrected chi connectivity index (χ0v) is 33.5. The number of carbonyl (C=O) groups is 2. The van der Waals surface area contributed by atoms with E-state index in [9.17, 15) is 9.59 Å². The average Bonchev–Trinajstić information content (AvgIpc) is 3.74. The van der Waals surface area contributed by atoms with E-state index in [0.717, 1.165) is 47.4 Å². The number of aromatic amines is 1. The first-order chi connectivity index (χ1) is 24.5. The zero-order valence-electron chi connectivity index (χ0n) is 30.1. The van der Waals surface area contributed by atoms with Crippen molar-refractivity contribution in [3.63, 3.8) is 0 Å². The fourth-order valence-corrected chi connectivity index (χ4v) is 13.8. The van der Waals surface area contributed by atoms with Gasteiger partial charge >= 0.3 is 0 Å². The molecule has 8 nitrogen and oxygen atoms in total. The number of hydrogen-bond acceptors (Lipinski definition) is 6. The molecular weight excluding hydrogens is 730 g/mol. The van der Waals surface area contributed by atoms with Gasteiger partial charge in [-0.3, -0.25) is 9.59 Å². The molecule has 2 aliphatic rings. The lowest BCUT2D eigenvalue weighted by Crippen LogP contribution is -2.67. The van der Waals surface area contributed by atoms with Gasteiger partial charge in [-0.1, -0.05) is 93.0 Å². The van der Waals surface area contributed by atoms with Crippen LogP contribution in [0.1, 0.15) is 70.9 Å². The zero-order chi connectivity index (χ0) is 35.8. The van der Waals surface area contributed by atoms with Crippen molar-refractivity contribution in [2.45, 2.75) is 70.1 Å². The second-order valence-corrected chi connectivity index (χ2v) is 20.9. The van der Waals surface area contributed by atoms with Crippen molar-refractivity contribution in [2.75, 3.05) is 20.2 Å². The number of H-pyrrole nitrogens is 1. The molecule has 0 saturated heterocycles. The molecule has 0 radical (unpaired) electrons. The maximum absolute atomic E-state index is 13.9. The molecule has 1 aliphatic heterocycles. The van der Waals surface area contributed by atoms with Gasteiger partial charge in [-0.2, -0.15) is 0 Å². The summed E-state index contributed by atoms with van der Waals surface area (Å²) in [4.78, 5) is 38.9. The summed E-state index contributed by atoms with van der Waals surface area (Å²) in [5.74, 6) is -0.213. The van der Waals surface area contributed by atoms with Gasteiger partial charge in [-0.05, 0) is 71.9 Å². The number of hydrogen-bond donors (Lipinski definition) is 3. The Bertz CT molecular complexity index is 1980. The van der Waals surface area contributed by atoms with Crippen LogP contribution in [0, 0.1) is 5.92 Å². The predicted molar refractivity (Wildman–Crippen MR) is 216 cm³/mol. The van der Waals surface area contributed by atoms with Crippen LogP contribution < -0.4 is 21.0 Å². The molecule has 274 valence electrons. The first-order valence-corrected chi connectivity index (χ1v) is 20.9. The second-order valence-electron chi connectivity index (χ2n) is 15.1. The van der Waals surface area contributed by atoms with Crippen molar-refractivity contribution in [2.24, 2.45) is 5.92 Å². The van der Waals surface area contributed by atoms with E-state index < -0.39 is 8.32 Å². The molecule has 2 amide bonds. The number of nitrogens with one attached hydrogen (secondary N) is 3. The van der Waals surface area contributed by atoms with E-state index in [4.69, 9.17) is 21.0 Å². The molecule has 1 unspecified atom stereocenters. The van der Waals surface area contributed by atoms with Crippen molar-refractivity contribution < 1.29 is 14.0 Å². The van der Waals surface area contributed by atoms with E-state index in [2.05, 4.69) is 109 Å². The molecule has 3 aromatic carbocycles. The summed E-state index contributed by atoms with van der Waals surface area (Å²) < 4.78 is 7.35. The van der Waals surface area contributed by atoms with Gasteiger partial charge in [0.2, 0.25) is 0 Å². The number of rotatable bonds is 9. The number of halogens is 2. The Morgan fingerprint density at radius 1 is 0.962 bits per heavy atom. The van der Waals surface area contributed by atoms with Crippen molar-refractivity contribution >= 4 is 76.8 Å². The van der Waals surface area contributed by atoms with Crippen LogP contribution >= 0.6 is 35.3 Å². The topological polar surface area (TPSA) is 99.3 Å². The van der Waals surface area contributed by atoms with E-state index in [1.165, 1.54) is 21.7 Å². The van der Waals surface area contributed by atoms with Crippen molar-refractivity contribution in [3.8, 4) is 0 Å². The standard InChI is InChI=1S/C40H46ClN5O3SSi.ClH/c1-40(2,3)51(29-11-7-5-8-12-29,30-13-9-6-10-14-30)49-25-26-15-17-32(43-37(47)35-23-27-22-28(41)16-18-31(27)42-35)34(21-26)44-38(48)39-45-33-19-20-46(4)24-36(33)50-39;/h5-14,16,18,22-23,26,32,34,42H,15,17,19-21,24-25H2,1-4H3,(H,43,47)(H,44,48);1H/t26?,32-,34+;/m1./s1. The number of amides is 2. The molecule has 1 fully saturated rings. The van der Waals surface area contributed by atoms with Crippen molar-refractivity contribution in [1.82, 2.24) is 25.5 Å². The normalized spacial score (nSPS) is 19.4. The number of aromatic nitrogens is 2. The molecule has 0 spiro atoms. The van der Waals surface area contributed by atoms with Crippen LogP contribution in [0.3, 0.4) is 0 Å². The Hall–Kier alpha value is -3.51. The van der Waals surface area contributed by atoms with E-state index in [1.807, 2.05) is 18.2 Å². The first kappa shape index (κ1) is 38.2. The highest BCUT2D eigenvalue weighted by Crippen LogP contribution is 2.38. The predicted octanol–water partition coefficient (Wildman–Crippen LogP) is 6.96. The molecule has 7 rings (SSSR count). The summed E-state index contributed by atoms with van der Waals surface area (Å²) in [5, 5.41) is 10.9. The minimum absolute atomic E-state index is 0. The van der Waals surface area contributed by atoms with Crippen LogP contribution in [0.25, 0.3) is 10.9 Å². The molecule has 52 heavy (non-hydrogen) atoms. The smallest absolute Gasteiger partial charge is 0.280 e. The fourth-order valence-electron chi connectivity index (χ4n) is 7.87. The van der Waals surface area contributed by atoms with E-state index in [-0.39, 0.29) is 47.3 Å². The monoisotopic (exact) mass is 775 g/mol. The van der Waals surface area contributed by atoms with E-state index >= 15 is 0 Å². The number of nitrogens with zero attached hydrogens (tertiary/aromatic N) is 2. The van der Waals surface area contributed by atoms with Crippen LogP contribution in [0.5, 0.6) is 0 Å². The van der Waals surface area contributed by atoms with Crippen LogP contribution in [0.15, 0.2) is 84.9 Å². The molecule has 1 aliphatic carbocycles. The van der Waals surface area contributed by atoms with Crippen LogP contribution in [0.2, 0.25) is 10.1 Å². The largest absolute Gasteiger partial charge is 0.407 e. The van der Waals surface area contributed by atoms with Crippen molar-refractivity contribution in [3.05, 3.63) is 111 Å². The Morgan fingerprint density at radius 3 is 2.31 bits per heavy atom. The Balaban J connectivity index is 0.00000464. The number of benzene rings is 3. The highest BCUT2D eigenvalue weighted by Gasteiger charge is 2.50. The molecule has 0 bridgehead atoms. The van der Waals surface area contributed by atoms with Gasteiger partial charge in [0, 0.05) is 59.0 Å². The third kappa shape index (κ3) is 7.88. The summed E-state index contributed by atoms with van der Waals surface area (Å²) in [7, 11) is -0.651. The van der Waals surface area contributed by atoms with Gasteiger partial charge in [-0.25, -0.2) is 4.98 Å². The van der Waals surface area contributed by atoms with E-state index in [0.29, 0.717) is 35.2 Å². The highest BCUT2D eigenvalue weighted by molar-refractivity contribution is 7.13. The number of likely N-dealkylation sites (N-methyl/N-ethyl adjacent to an activating group) is 1. The highest BCUT2D eigenvalue weighted by atomic mass is 35.5. The van der Waals surface area contributed by atoms with Gasteiger partial charge in [0.25, 0.3) is 20.1 Å². The summed E-state index contributed by atoms with van der Waals surface area (Å²) >= 11 is 7.69. The molecule has 2 aromatic heterocycles. The molecule has 1 saturated carbocycles. The molecule has 3 heterocycles. The van der Waals surface area contributed by atoms with Crippen molar-refractivity contribution in [1.29, 1.82) is 0 Å². The summed E-state index contributed by atoms with van der Waals surface area (Å²) in [6, 6.07) is 28.2. The molecule has 12 heteroatoms.